The van der Waals surface area contributed by atoms with E-state index >= 15 is 0 Å². The summed E-state index contributed by atoms with van der Waals surface area (Å²) in [4.78, 5) is 23.5. The zero-order valence-electron chi connectivity index (χ0n) is 12.3. The van der Waals surface area contributed by atoms with Crippen LogP contribution in [-0.2, 0) is 4.79 Å². The first-order chi connectivity index (χ1) is 10.5. The highest BCUT2D eigenvalue weighted by Crippen LogP contribution is 2.28. The molecule has 0 saturated heterocycles. The molecule has 0 saturated carbocycles. The second kappa shape index (κ2) is 5.55. The summed E-state index contributed by atoms with van der Waals surface area (Å²) in [5.74, 6) is 1.56. The van der Waals surface area contributed by atoms with Crippen molar-refractivity contribution in [2.75, 3.05) is 11.9 Å². The highest BCUT2D eigenvalue weighted by molar-refractivity contribution is 5.99. The molecule has 2 N–H and O–H groups in total. The van der Waals surface area contributed by atoms with Crippen LogP contribution in [0.3, 0.4) is 0 Å². The Hall–Kier alpha value is -2.76. The Morgan fingerprint density at radius 2 is 2.14 bits per heavy atom. The van der Waals surface area contributed by atoms with Crippen LogP contribution in [0.4, 0.5) is 5.69 Å². The largest absolute Gasteiger partial charge is 0.482 e. The van der Waals surface area contributed by atoms with Gasteiger partial charge in [-0.15, -0.1) is 0 Å². The first kappa shape index (κ1) is 14.2. The molecular weight excluding hydrogens is 284 g/mol. The molecule has 1 aromatic heterocycles. The molecule has 1 aromatic carbocycles. The molecule has 6 heteroatoms. The van der Waals surface area contributed by atoms with Gasteiger partial charge in [0.15, 0.2) is 6.61 Å². The van der Waals surface area contributed by atoms with Crippen molar-refractivity contribution in [2.24, 2.45) is 0 Å². The van der Waals surface area contributed by atoms with Gasteiger partial charge in [0.25, 0.3) is 11.8 Å². The Balaban J connectivity index is 1.74. The van der Waals surface area contributed by atoms with E-state index in [0.29, 0.717) is 22.8 Å². The number of aryl methyl sites for hydroxylation is 1. The summed E-state index contributed by atoms with van der Waals surface area (Å²) in [6.07, 6.45) is 0. The second-order valence-corrected chi connectivity index (χ2v) is 5.19. The molecule has 0 spiro atoms. The number of rotatable bonds is 3. The number of fused-ring (bicyclic) bond motifs is 1. The summed E-state index contributed by atoms with van der Waals surface area (Å²) >= 11 is 0. The topological polar surface area (TPSA) is 80.6 Å². The van der Waals surface area contributed by atoms with Crippen LogP contribution in [0.2, 0.25) is 0 Å². The molecule has 0 bridgehead atoms. The van der Waals surface area contributed by atoms with Gasteiger partial charge in [0.05, 0.1) is 11.7 Å². The SMILES string of the molecule is Cc1ccc([C@H](C)NC(=O)c2ccc3c(c2)OCC(=O)N3)o1. The summed E-state index contributed by atoms with van der Waals surface area (Å²) < 4.78 is 10.8. The van der Waals surface area contributed by atoms with Crippen LogP contribution in [0, 0.1) is 6.92 Å². The number of furan rings is 1. The van der Waals surface area contributed by atoms with E-state index in [2.05, 4.69) is 10.6 Å². The van der Waals surface area contributed by atoms with E-state index in [1.807, 2.05) is 26.0 Å². The van der Waals surface area contributed by atoms with Crippen molar-refractivity contribution in [3.8, 4) is 5.75 Å². The quantitative estimate of drug-likeness (QED) is 0.912. The van der Waals surface area contributed by atoms with E-state index in [-0.39, 0.29) is 24.5 Å². The van der Waals surface area contributed by atoms with Crippen molar-refractivity contribution >= 4 is 17.5 Å². The Labute approximate surface area is 127 Å². The fourth-order valence-electron chi connectivity index (χ4n) is 2.25. The minimum Gasteiger partial charge on any atom is -0.482 e. The Bertz CT molecular complexity index is 735. The first-order valence-electron chi connectivity index (χ1n) is 6.97. The molecule has 1 aliphatic heterocycles. The number of carbonyl (C=O) groups is 2. The molecule has 22 heavy (non-hydrogen) atoms. The molecule has 0 fully saturated rings. The normalized spacial score (nSPS) is 14.5. The van der Waals surface area contributed by atoms with E-state index in [0.717, 1.165) is 5.76 Å². The summed E-state index contributed by atoms with van der Waals surface area (Å²) in [5, 5.41) is 5.55. The van der Waals surface area contributed by atoms with Crippen molar-refractivity contribution in [1.82, 2.24) is 5.32 Å². The number of nitrogens with one attached hydrogen (secondary N) is 2. The fraction of sp³-hybridized carbons (Fsp3) is 0.250. The van der Waals surface area contributed by atoms with Crippen molar-refractivity contribution in [3.05, 3.63) is 47.4 Å². The molecule has 0 aliphatic carbocycles. The summed E-state index contributed by atoms with van der Waals surface area (Å²) in [5.41, 5.74) is 1.03. The van der Waals surface area contributed by atoms with E-state index in [4.69, 9.17) is 9.15 Å². The molecule has 2 heterocycles. The van der Waals surface area contributed by atoms with Gasteiger partial charge in [0, 0.05) is 5.56 Å². The lowest BCUT2D eigenvalue weighted by atomic mass is 10.1. The lowest BCUT2D eigenvalue weighted by Gasteiger charge is -2.19. The molecule has 1 atom stereocenters. The molecule has 3 rings (SSSR count). The van der Waals surface area contributed by atoms with Crippen molar-refractivity contribution < 1.29 is 18.7 Å². The minimum atomic E-state index is -0.238. The standard InChI is InChI=1S/C16H16N2O4/c1-9-3-6-13(22-9)10(2)17-16(20)11-4-5-12-14(7-11)21-8-15(19)18-12/h3-7,10H,8H2,1-2H3,(H,17,20)(H,18,19)/t10-/m0/s1. The van der Waals surface area contributed by atoms with Crippen molar-refractivity contribution in [1.29, 1.82) is 0 Å². The van der Waals surface area contributed by atoms with Crippen LogP contribution in [-0.4, -0.2) is 18.4 Å². The summed E-state index contributed by atoms with van der Waals surface area (Å²) in [7, 11) is 0. The molecule has 6 nitrogen and oxygen atoms in total. The number of hydrogen-bond donors (Lipinski definition) is 2. The minimum absolute atomic E-state index is 0.0415. The van der Waals surface area contributed by atoms with Gasteiger partial charge in [-0.3, -0.25) is 9.59 Å². The van der Waals surface area contributed by atoms with Gasteiger partial charge < -0.3 is 19.8 Å². The lowest BCUT2D eigenvalue weighted by Crippen LogP contribution is -2.28. The zero-order chi connectivity index (χ0) is 15.7. The van der Waals surface area contributed by atoms with Crippen LogP contribution >= 0.6 is 0 Å². The third kappa shape index (κ3) is 2.81. The summed E-state index contributed by atoms with van der Waals surface area (Å²) in [6, 6.07) is 8.37. The monoisotopic (exact) mass is 300 g/mol. The predicted molar refractivity (Wildman–Crippen MR) is 79.9 cm³/mol. The lowest BCUT2D eigenvalue weighted by molar-refractivity contribution is -0.118. The van der Waals surface area contributed by atoms with Gasteiger partial charge in [-0.1, -0.05) is 0 Å². The van der Waals surface area contributed by atoms with Crippen LogP contribution < -0.4 is 15.4 Å². The molecule has 0 radical (unpaired) electrons. The highest BCUT2D eigenvalue weighted by Gasteiger charge is 2.19. The molecule has 2 amide bonds. The number of hydrogen-bond acceptors (Lipinski definition) is 4. The fourth-order valence-corrected chi connectivity index (χ4v) is 2.25. The van der Waals surface area contributed by atoms with Gasteiger partial charge >= 0.3 is 0 Å². The van der Waals surface area contributed by atoms with Gasteiger partial charge in [-0.25, -0.2) is 0 Å². The maximum absolute atomic E-state index is 12.3. The molecule has 1 aliphatic rings. The van der Waals surface area contributed by atoms with Gasteiger partial charge in [0.1, 0.15) is 17.3 Å². The number of ether oxygens (including phenoxy) is 1. The third-order valence-electron chi connectivity index (χ3n) is 3.41. The predicted octanol–water partition coefficient (Wildman–Crippen LogP) is 2.41. The highest BCUT2D eigenvalue weighted by atomic mass is 16.5. The van der Waals surface area contributed by atoms with Crippen LogP contribution in [0.1, 0.15) is 34.8 Å². The smallest absolute Gasteiger partial charge is 0.262 e. The van der Waals surface area contributed by atoms with Crippen molar-refractivity contribution in [2.45, 2.75) is 19.9 Å². The molecule has 2 aromatic rings. The van der Waals surface area contributed by atoms with Crippen LogP contribution in [0.5, 0.6) is 5.75 Å². The number of benzene rings is 1. The molecule has 114 valence electrons. The van der Waals surface area contributed by atoms with E-state index in [9.17, 15) is 9.59 Å². The first-order valence-corrected chi connectivity index (χ1v) is 6.97. The van der Waals surface area contributed by atoms with E-state index in [1.165, 1.54) is 0 Å². The van der Waals surface area contributed by atoms with Gasteiger partial charge in [-0.2, -0.15) is 0 Å². The second-order valence-electron chi connectivity index (χ2n) is 5.19. The number of anilines is 1. The maximum atomic E-state index is 12.3. The van der Waals surface area contributed by atoms with Crippen LogP contribution in [0.15, 0.2) is 34.7 Å². The van der Waals surface area contributed by atoms with Gasteiger partial charge in [-0.05, 0) is 44.2 Å². The van der Waals surface area contributed by atoms with E-state index in [1.54, 1.807) is 18.2 Å². The van der Waals surface area contributed by atoms with E-state index < -0.39 is 0 Å². The average Bonchev–Trinajstić information content (AvgIpc) is 2.93. The number of carbonyl (C=O) groups excluding carboxylic acids is 2. The Morgan fingerprint density at radius 3 is 2.86 bits per heavy atom. The third-order valence-corrected chi connectivity index (χ3v) is 3.41. The molecular formula is C16H16N2O4. The van der Waals surface area contributed by atoms with Gasteiger partial charge in [0.2, 0.25) is 0 Å². The zero-order valence-corrected chi connectivity index (χ0v) is 12.3. The summed E-state index contributed by atoms with van der Waals surface area (Å²) in [6.45, 7) is 3.67. The number of amides is 2. The maximum Gasteiger partial charge on any atom is 0.262 e. The average molecular weight is 300 g/mol. The molecule has 0 unspecified atom stereocenters. The van der Waals surface area contributed by atoms with Crippen molar-refractivity contribution in [3.63, 3.8) is 0 Å². The van der Waals surface area contributed by atoms with Crippen LogP contribution in [0.25, 0.3) is 0 Å². The Morgan fingerprint density at radius 1 is 1.32 bits per heavy atom. The Kier molecular flexibility index (Phi) is 3.58.